The van der Waals surface area contributed by atoms with Crippen LogP contribution < -0.4 is 4.90 Å². The number of carboxylic acids is 1. The third-order valence-corrected chi connectivity index (χ3v) is 4.25. The van der Waals surface area contributed by atoms with Crippen molar-refractivity contribution in [1.82, 2.24) is 4.98 Å². The lowest BCUT2D eigenvalue weighted by Gasteiger charge is -2.26. The minimum atomic E-state index is -0.893. The van der Waals surface area contributed by atoms with Crippen molar-refractivity contribution in [2.75, 3.05) is 18.0 Å². The fourth-order valence-corrected chi connectivity index (χ4v) is 2.68. The number of hydrogen-bond donors (Lipinski definition) is 1. The second-order valence-corrected chi connectivity index (χ2v) is 5.09. The quantitative estimate of drug-likeness (QED) is 0.890. The zero-order valence-corrected chi connectivity index (χ0v) is 11.0. The third kappa shape index (κ3) is 2.33. The number of anilines is 1. The maximum absolute atomic E-state index is 11.0. The SMILES string of the molecule is CCC1(CC)CCN(c2cc(C(=O)O)ccn2)C1. The van der Waals surface area contributed by atoms with Gasteiger partial charge in [-0.1, -0.05) is 13.8 Å². The summed E-state index contributed by atoms with van der Waals surface area (Å²) in [4.78, 5) is 17.5. The number of aromatic carboxylic acids is 1. The second-order valence-electron chi connectivity index (χ2n) is 5.09. The average Bonchev–Trinajstić information content (AvgIpc) is 2.84. The zero-order valence-electron chi connectivity index (χ0n) is 11.0. The van der Waals surface area contributed by atoms with Gasteiger partial charge in [-0.05, 0) is 36.8 Å². The van der Waals surface area contributed by atoms with Crippen LogP contribution in [-0.4, -0.2) is 29.1 Å². The summed E-state index contributed by atoms with van der Waals surface area (Å²) in [6.07, 6.45) is 5.08. The fourth-order valence-electron chi connectivity index (χ4n) is 2.68. The molecule has 1 fully saturated rings. The molecule has 1 aromatic rings. The second kappa shape index (κ2) is 4.96. The first-order valence-electron chi connectivity index (χ1n) is 6.54. The van der Waals surface area contributed by atoms with Crippen molar-refractivity contribution < 1.29 is 9.90 Å². The summed E-state index contributed by atoms with van der Waals surface area (Å²) < 4.78 is 0. The average molecular weight is 248 g/mol. The molecule has 1 aliphatic heterocycles. The number of aromatic nitrogens is 1. The molecule has 98 valence electrons. The van der Waals surface area contributed by atoms with Gasteiger partial charge in [0.2, 0.25) is 0 Å². The lowest BCUT2D eigenvalue weighted by atomic mass is 9.82. The molecule has 0 bridgehead atoms. The molecule has 0 saturated carbocycles. The van der Waals surface area contributed by atoms with E-state index >= 15 is 0 Å². The van der Waals surface area contributed by atoms with E-state index in [-0.39, 0.29) is 0 Å². The lowest BCUT2D eigenvalue weighted by molar-refractivity contribution is 0.0697. The lowest BCUT2D eigenvalue weighted by Crippen LogP contribution is -2.26. The minimum absolute atomic E-state index is 0.311. The first-order valence-corrected chi connectivity index (χ1v) is 6.54. The number of carbonyl (C=O) groups is 1. The van der Waals surface area contributed by atoms with Crippen LogP contribution in [0.15, 0.2) is 18.3 Å². The van der Waals surface area contributed by atoms with Gasteiger partial charge >= 0.3 is 5.97 Å². The van der Waals surface area contributed by atoms with Crippen LogP contribution in [0.1, 0.15) is 43.5 Å². The van der Waals surface area contributed by atoms with Gasteiger partial charge in [0.25, 0.3) is 0 Å². The van der Waals surface area contributed by atoms with Gasteiger partial charge in [0, 0.05) is 19.3 Å². The Morgan fingerprint density at radius 2 is 2.22 bits per heavy atom. The number of pyridine rings is 1. The van der Waals surface area contributed by atoms with Crippen LogP contribution in [0.4, 0.5) is 5.82 Å². The molecule has 2 heterocycles. The third-order valence-electron chi connectivity index (χ3n) is 4.25. The molecule has 18 heavy (non-hydrogen) atoms. The molecule has 1 aliphatic rings. The van der Waals surface area contributed by atoms with Crippen LogP contribution in [0.2, 0.25) is 0 Å². The topological polar surface area (TPSA) is 53.4 Å². The highest BCUT2D eigenvalue weighted by molar-refractivity contribution is 5.88. The summed E-state index contributed by atoms with van der Waals surface area (Å²) in [5.41, 5.74) is 0.687. The highest BCUT2D eigenvalue weighted by Gasteiger charge is 2.35. The molecular weight excluding hydrogens is 228 g/mol. The van der Waals surface area contributed by atoms with E-state index in [0.717, 1.165) is 18.9 Å². The van der Waals surface area contributed by atoms with E-state index < -0.39 is 5.97 Å². The Balaban J connectivity index is 2.19. The maximum atomic E-state index is 11.0. The van der Waals surface area contributed by atoms with E-state index in [0.29, 0.717) is 11.0 Å². The normalized spacial score (nSPS) is 18.0. The molecule has 2 rings (SSSR count). The molecule has 1 aromatic heterocycles. The number of rotatable bonds is 4. The van der Waals surface area contributed by atoms with Crippen LogP contribution in [0.25, 0.3) is 0 Å². The van der Waals surface area contributed by atoms with Crippen molar-refractivity contribution in [3.63, 3.8) is 0 Å². The van der Waals surface area contributed by atoms with Gasteiger partial charge in [-0.15, -0.1) is 0 Å². The van der Waals surface area contributed by atoms with E-state index in [1.54, 1.807) is 12.3 Å². The van der Waals surface area contributed by atoms with Gasteiger partial charge in [-0.3, -0.25) is 0 Å². The molecule has 0 unspecified atom stereocenters. The summed E-state index contributed by atoms with van der Waals surface area (Å²) in [6.45, 7) is 6.41. The molecule has 4 heteroatoms. The van der Waals surface area contributed by atoms with Crippen molar-refractivity contribution in [1.29, 1.82) is 0 Å². The Bertz CT molecular complexity index is 441. The summed E-state index contributed by atoms with van der Waals surface area (Å²) in [5, 5.41) is 9.00. The van der Waals surface area contributed by atoms with Gasteiger partial charge in [0.1, 0.15) is 5.82 Å². The smallest absolute Gasteiger partial charge is 0.335 e. The Morgan fingerprint density at radius 3 is 2.78 bits per heavy atom. The van der Waals surface area contributed by atoms with Gasteiger partial charge in [0.05, 0.1) is 5.56 Å². The molecule has 0 amide bonds. The predicted molar refractivity (Wildman–Crippen MR) is 71.0 cm³/mol. The van der Waals surface area contributed by atoms with Crippen molar-refractivity contribution >= 4 is 11.8 Å². The monoisotopic (exact) mass is 248 g/mol. The molecule has 0 atom stereocenters. The summed E-state index contributed by atoms with van der Waals surface area (Å²) in [5.74, 6) is -0.103. The van der Waals surface area contributed by atoms with Crippen molar-refractivity contribution in [3.05, 3.63) is 23.9 Å². The van der Waals surface area contributed by atoms with Gasteiger partial charge in [-0.2, -0.15) is 0 Å². The molecule has 0 spiro atoms. The first kappa shape index (κ1) is 12.9. The van der Waals surface area contributed by atoms with Gasteiger partial charge < -0.3 is 10.0 Å². The zero-order chi connectivity index (χ0) is 13.2. The minimum Gasteiger partial charge on any atom is -0.478 e. The predicted octanol–water partition coefficient (Wildman–Crippen LogP) is 2.80. The van der Waals surface area contributed by atoms with Gasteiger partial charge in [-0.25, -0.2) is 9.78 Å². The van der Waals surface area contributed by atoms with Crippen LogP contribution in [-0.2, 0) is 0 Å². The van der Waals surface area contributed by atoms with E-state index in [1.807, 2.05) is 0 Å². The summed E-state index contributed by atoms with van der Waals surface area (Å²) in [7, 11) is 0. The van der Waals surface area contributed by atoms with Crippen LogP contribution >= 0.6 is 0 Å². The molecule has 4 nitrogen and oxygen atoms in total. The maximum Gasteiger partial charge on any atom is 0.335 e. The van der Waals surface area contributed by atoms with Crippen LogP contribution in [0.3, 0.4) is 0 Å². The number of nitrogens with zero attached hydrogens (tertiary/aromatic N) is 2. The number of hydrogen-bond acceptors (Lipinski definition) is 3. The Hall–Kier alpha value is -1.58. The Morgan fingerprint density at radius 1 is 1.50 bits per heavy atom. The van der Waals surface area contributed by atoms with Crippen LogP contribution in [0, 0.1) is 5.41 Å². The standard InChI is InChI=1S/C14H20N2O2/c1-3-14(4-2)6-8-16(10-14)12-9-11(13(17)18)5-7-15-12/h5,7,9H,3-4,6,8,10H2,1-2H3,(H,17,18). The molecule has 1 N–H and O–H groups in total. The number of carboxylic acid groups (broad SMARTS) is 1. The summed E-state index contributed by atoms with van der Waals surface area (Å²) in [6, 6.07) is 3.21. The van der Waals surface area contributed by atoms with E-state index in [9.17, 15) is 4.79 Å². The summed E-state index contributed by atoms with van der Waals surface area (Å²) >= 11 is 0. The molecule has 1 saturated heterocycles. The highest BCUT2D eigenvalue weighted by atomic mass is 16.4. The van der Waals surface area contributed by atoms with Crippen molar-refractivity contribution in [2.24, 2.45) is 5.41 Å². The Kier molecular flexibility index (Phi) is 3.55. The molecule has 0 radical (unpaired) electrons. The van der Waals surface area contributed by atoms with Crippen LogP contribution in [0.5, 0.6) is 0 Å². The molecule has 0 aromatic carbocycles. The highest BCUT2D eigenvalue weighted by Crippen LogP contribution is 2.38. The fraction of sp³-hybridized carbons (Fsp3) is 0.571. The van der Waals surface area contributed by atoms with E-state index in [2.05, 4.69) is 23.7 Å². The van der Waals surface area contributed by atoms with Crippen molar-refractivity contribution in [3.8, 4) is 0 Å². The largest absolute Gasteiger partial charge is 0.478 e. The first-order chi connectivity index (χ1) is 8.60. The van der Waals surface area contributed by atoms with Gasteiger partial charge in [0.15, 0.2) is 0 Å². The van der Waals surface area contributed by atoms with Crippen molar-refractivity contribution in [2.45, 2.75) is 33.1 Å². The molecular formula is C14H20N2O2. The molecule has 0 aliphatic carbocycles. The van der Waals surface area contributed by atoms with E-state index in [1.165, 1.54) is 25.3 Å². The Labute approximate surface area is 108 Å². The van der Waals surface area contributed by atoms with E-state index in [4.69, 9.17) is 5.11 Å².